The first-order chi connectivity index (χ1) is 9.06. The van der Waals surface area contributed by atoms with Gasteiger partial charge in [0.2, 0.25) is 0 Å². The monoisotopic (exact) mass is 262 g/mol. The molecule has 0 aliphatic rings. The highest BCUT2D eigenvalue weighted by Crippen LogP contribution is 2.21. The summed E-state index contributed by atoms with van der Waals surface area (Å²) in [4.78, 5) is 10.5. The van der Waals surface area contributed by atoms with Crippen LogP contribution in [0.2, 0.25) is 0 Å². The van der Waals surface area contributed by atoms with E-state index in [1.54, 1.807) is 6.07 Å². The molecule has 1 aromatic carbocycles. The zero-order valence-corrected chi connectivity index (χ0v) is 11.5. The Bertz CT molecular complexity index is 556. The van der Waals surface area contributed by atoms with E-state index in [-0.39, 0.29) is 11.9 Å². The Labute approximate surface area is 112 Å². The topological polar surface area (TPSA) is 41.0 Å². The van der Waals surface area contributed by atoms with Gasteiger partial charge in [-0.15, -0.1) is 0 Å². The van der Waals surface area contributed by atoms with Gasteiger partial charge in [0, 0.05) is 11.4 Å². The van der Waals surface area contributed by atoms with Crippen LogP contribution in [0.5, 0.6) is 0 Å². The van der Waals surface area contributed by atoms with E-state index < -0.39 is 0 Å². The molecule has 19 heavy (non-hydrogen) atoms. The summed E-state index contributed by atoms with van der Waals surface area (Å²) in [6.07, 6.45) is 2.50. The molecule has 0 amide bonds. The minimum atomic E-state index is -0.272. The molecule has 1 aromatic heterocycles. The number of benzene rings is 1. The van der Waals surface area contributed by atoms with Crippen molar-refractivity contribution >= 4 is 16.7 Å². The third-order valence-electron chi connectivity index (χ3n) is 2.99. The number of hydrogen-bond donors (Lipinski definition) is 1. The number of aromatic nitrogens is 2. The molecule has 5 heteroatoms. The van der Waals surface area contributed by atoms with Crippen LogP contribution in [0.15, 0.2) is 24.5 Å². The predicted molar refractivity (Wildman–Crippen MR) is 75.8 cm³/mol. The van der Waals surface area contributed by atoms with Crippen molar-refractivity contribution in [3.05, 3.63) is 30.3 Å². The fourth-order valence-electron chi connectivity index (χ4n) is 1.90. The number of nitrogens with one attached hydrogen (secondary N) is 1. The Balaban J connectivity index is 2.18. The maximum atomic E-state index is 13.3. The Morgan fingerprint density at radius 2 is 2.11 bits per heavy atom. The molecule has 0 unspecified atom stereocenters. The number of fused-ring (bicyclic) bond motifs is 1. The maximum Gasteiger partial charge on any atom is 0.137 e. The van der Waals surface area contributed by atoms with Gasteiger partial charge in [-0.05, 0) is 52.2 Å². The Hall–Kier alpha value is -1.75. The van der Waals surface area contributed by atoms with Gasteiger partial charge in [-0.1, -0.05) is 0 Å². The Kier molecular flexibility index (Phi) is 4.27. The van der Waals surface area contributed by atoms with Crippen LogP contribution in [0.25, 0.3) is 10.9 Å². The van der Waals surface area contributed by atoms with Gasteiger partial charge < -0.3 is 10.2 Å². The third kappa shape index (κ3) is 3.61. The van der Waals surface area contributed by atoms with Gasteiger partial charge in [-0.3, -0.25) is 0 Å². The van der Waals surface area contributed by atoms with Gasteiger partial charge in [0.1, 0.15) is 18.0 Å². The number of hydrogen-bond acceptors (Lipinski definition) is 4. The smallest absolute Gasteiger partial charge is 0.137 e. The lowest BCUT2D eigenvalue weighted by molar-refractivity contribution is 0.390. The summed E-state index contributed by atoms with van der Waals surface area (Å²) in [7, 11) is 4.09. The lowest BCUT2D eigenvalue weighted by atomic mass is 10.2. The molecule has 1 heterocycles. The summed E-state index contributed by atoms with van der Waals surface area (Å²) in [6, 6.07) is 4.82. The summed E-state index contributed by atoms with van der Waals surface area (Å²) in [6.45, 7) is 3.09. The SMILES string of the molecule is C[C@@H](CCN(C)C)Nc1ncnc2ccc(F)cc12. The normalized spacial score (nSPS) is 12.9. The van der Waals surface area contributed by atoms with Gasteiger partial charge in [-0.2, -0.15) is 0 Å². The molecule has 0 aliphatic carbocycles. The Morgan fingerprint density at radius 3 is 2.84 bits per heavy atom. The molecule has 1 N–H and O–H groups in total. The van der Waals surface area contributed by atoms with Crippen molar-refractivity contribution in [1.29, 1.82) is 0 Å². The molecule has 2 aromatic rings. The summed E-state index contributed by atoms with van der Waals surface area (Å²) >= 11 is 0. The zero-order chi connectivity index (χ0) is 13.8. The van der Waals surface area contributed by atoms with Crippen LogP contribution in [0.4, 0.5) is 10.2 Å². The van der Waals surface area contributed by atoms with Crippen LogP contribution < -0.4 is 5.32 Å². The standard InChI is InChI=1S/C14H19FN4/c1-10(6-7-19(2)3)18-14-12-8-11(15)4-5-13(12)16-9-17-14/h4-5,8-10H,6-7H2,1-3H3,(H,16,17,18)/t10-/m0/s1. The van der Waals surface area contributed by atoms with Crippen LogP contribution in [0.1, 0.15) is 13.3 Å². The first-order valence-corrected chi connectivity index (χ1v) is 6.38. The average Bonchev–Trinajstić information content (AvgIpc) is 2.37. The van der Waals surface area contributed by atoms with E-state index in [0.717, 1.165) is 23.9 Å². The molecule has 0 spiro atoms. The fraction of sp³-hybridized carbons (Fsp3) is 0.429. The van der Waals surface area contributed by atoms with E-state index in [9.17, 15) is 4.39 Å². The zero-order valence-electron chi connectivity index (χ0n) is 11.5. The summed E-state index contributed by atoms with van der Waals surface area (Å²) in [5.74, 6) is 0.419. The molecule has 2 rings (SSSR count). The van der Waals surface area contributed by atoms with E-state index in [1.165, 1.54) is 18.5 Å². The lowest BCUT2D eigenvalue weighted by Gasteiger charge is -2.18. The highest BCUT2D eigenvalue weighted by atomic mass is 19.1. The van der Waals surface area contributed by atoms with Crippen molar-refractivity contribution in [2.45, 2.75) is 19.4 Å². The van der Waals surface area contributed by atoms with Gasteiger partial charge in [0.25, 0.3) is 0 Å². The van der Waals surface area contributed by atoms with Crippen LogP contribution >= 0.6 is 0 Å². The second-order valence-corrected chi connectivity index (χ2v) is 5.02. The molecule has 0 radical (unpaired) electrons. The molecular formula is C14H19FN4. The largest absolute Gasteiger partial charge is 0.367 e. The maximum absolute atomic E-state index is 13.3. The van der Waals surface area contributed by atoms with E-state index >= 15 is 0 Å². The summed E-state index contributed by atoms with van der Waals surface area (Å²) in [5.41, 5.74) is 0.749. The van der Waals surface area contributed by atoms with Crippen molar-refractivity contribution in [3.63, 3.8) is 0 Å². The van der Waals surface area contributed by atoms with E-state index in [2.05, 4.69) is 27.1 Å². The van der Waals surface area contributed by atoms with Crippen molar-refractivity contribution in [1.82, 2.24) is 14.9 Å². The lowest BCUT2D eigenvalue weighted by Crippen LogP contribution is -2.23. The number of nitrogens with zero attached hydrogens (tertiary/aromatic N) is 3. The van der Waals surface area contributed by atoms with Crippen molar-refractivity contribution < 1.29 is 4.39 Å². The molecule has 1 atom stereocenters. The van der Waals surface area contributed by atoms with Crippen molar-refractivity contribution in [2.75, 3.05) is 26.0 Å². The summed E-state index contributed by atoms with van der Waals surface area (Å²) < 4.78 is 13.3. The van der Waals surface area contributed by atoms with Gasteiger partial charge >= 0.3 is 0 Å². The molecule has 0 fully saturated rings. The quantitative estimate of drug-likeness (QED) is 0.899. The molecule has 0 aliphatic heterocycles. The van der Waals surface area contributed by atoms with E-state index in [4.69, 9.17) is 0 Å². The number of rotatable bonds is 5. The molecule has 102 valence electrons. The molecule has 0 saturated heterocycles. The Morgan fingerprint density at radius 1 is 1.32 bits per heavy atom. The van der Waals surface area contributed by atoms with Gasteiger partial charge in [-0.25, -0.2) is 14.4 Å². The average molecular weight is 262 g/mol. The number of halogens is 1. The van der Waals surface area contributed by atoms with Gasteiger partial charge in [0.05, 0.1) is 5.52 Å². The predicted octanol–water partition coefficient (Wildman–Crippen LogP) is 2.52. The fourth-order valence-corrected chi connectivity index (χ4v) is 1.90. The molecule has 4 nitrogen and oxygen atoms in total. The number of anilines is 1. The first-order valence-electron chi connectivity index (χ1n) is 6.38. The molecule has 0 bridgehead atoms. The minimum Gasteiger partial charge on any atom is -0.367 e. The van der Waals surface area contributed by atoms with Gasteiger partial charge in [0.15, 0.2) is 0 Å². The molecular weight excluding hydrogens is 243 g/mol. The van der Waals surface area contributed by atoms with Crippen LogP contribution in [0.3, 0.4) is 0 Å². The van der Waals surface area contributed by atoms with E-state index in [1.807, 2.05) is 14.1 Å². The minimum absolute atomic E-state index is 0.267. The van der Waals surface area contributed by atoms with Crippen LogP contribution in [-0.2, 0) is 0 Å². The van der Waals surface area contributed by atoms with E-state index in [0.29, 0.717) is 5.82 Å². The highest BCUT2D eigenvalue weighted by molar-refractivity contribution is 5.88. The van der Waals surface area contributed by atoms with Crippen LogP contribution in [-0.4, -0.2) is 41.5 Å². The van der Waals surface area contributed by atoms with Crippen molar-refractivity contribution in [3.8, 4) is 0 Å². The third-order valence-corrected chi connectivity index (χ3v) is 2.99. The highest BCUT2D eigenvalue weighted by Gasteiger charge is 2.08. The summed E-state index contributed by atoms with van der Waals surface area (Å²) in [5, 5.41) is 4.04. The van der Waals surface area contributed by atoms with Crippen LogP contribution in [0, 0.1) is 5.82 Å². The molecule has 0 saturated carbocycles. The second kappa shape index (κ2) is 5.93. The first kappa shape index (κ1) is 13.7. The second-order valence-electron chi connectivity index (χ2n) is 5.02. The van der Waals surface area contributed by atoms with Crippen molar-refractivity contribution in [2.24, 2.45) is 0 Å².